The van der Waals surface area contributed by atoms with Gasteiger partial charge in [-0.1, -0.05) is 0 Å². The van der Waals surface area contributed by atoms with Crippen molar-refractivity contribution in [1.82, 2.24) is 0 Å². The van der Waals surface area contributed by atoms with Crippen LogP contribution in [0.1, 0.15) is 18.1 Å². The van der Waals surface area contributed by atoms with Crippen molar-refractivity contribution in [3.8, 4) is 0 Å². The van der Waals surface area contributed by atoms with Crippen LogP contribution in [0.25, 0.3) is 5.57 Å². The SMILES string of the molecule is CC1=CC(c2ccccc2)=[Se](O[Cl+3]([O-])([O-])[O-])c2ccccc21. The van der Waals surface area contributed by atoms with E-state index >= 15 is 0 Å². The molecule has 1 aliphatic heterocycles. The van der Waals surface area contributed by atoms with Crippen LogP contribution in [0.3, 0.4) is 0 Å². The summed E-state index contributed by atoms with van der Waals surface area (Å²) in [4.78, 5) is 0. The Morgan fingerprint density at radius 1 is 0.909 bits per heavy atom. The van der Waals surface area contributed by atoms with Crippen molar-refractivity contribution in [2.75, 3.05) is 0 Å². The first kappa shape index (κ1) is 15.6. The topological polar surface area (TPSA) is 78.4 Å². The first-order valence-electron chi connectivity index (χ1n) is 6.51. The maximum atomic E-state index is 11.2. The third kappa shape index (κ3) is 3.21. The van der Waals surface area contributed by atoms with E-state index in [2.05, 4.69) is 0 Å². The van der Waals surface area contributed by atoms with Gasteiger partial charge in [-0.25, -0.2) is 0 Å². The Morgan fingerprint density at radius 2 is 1.55 bits per heavy atom. The summed E-state index contributed by atoms with van der Waals surface area (Å²) in [7, 11) is -4.48. The van der Waals surface area contributed by atoms with Crippen molar-refractivity contribution in [3.05, 3.63) is 71.8 Å². The van der Waals surface area contributed by atoms with Crippen LogP contribution in [0.2, 0.25) is 0 Å². The summed E-state index contributed by atoms with van der Waals surface area (Å²) in [6, 6.07) is 16.9. The molecule has 1 aliphatic rings. The van der Waals surface area contributed by atoms with E-state index < -0.39 is 24.0 Å². The van der Waals surface area contributed by atoms with Crippen molar-refractivity contribution < 1.29 is 27.6 Å². The summed E-state index contributed by atoms with van der Waals surface area (Å²) in [5, 5.41) is 0. The quantitative estimate of drug-likeness (QED) is 0.638. The monoisotopic (exact) mass is 384 g/mol. The van der Waals surface area contributed by atoms with E-state index in [1.54, 1.807) is 0 Å². The van der Waals surface area contributed by atoms with Crippen LogP contribution in [0, 0.1) is 10.2 Å². The molecule has 1 heterocycles. The fraction of sp³-hybridized carbons (Fsp3) is 0.0625. The molecule has 0 amide bonds. The Hall–Kier alpha value is -1.30. The van der Waals surface area contributed by atoms with E-state index in [0.29, 0.717) is 0 Å². The molecule has 0 fully saturated rings. The van der Waals surface area contributed by atoms with Gasteiger partial charge < -0.3 is 0 Å². The summed E-state index contributed by atoms with van der Waals surface area (Å²) in [6.45, 7) is 1.97. The van der Waals surface area contributed by atoms with Crippen LogP contribution in [-0.4, -0.2) is 18.2 Å². The van der Waals surface area contributed by atoms with Crippen molar-refractivity contribution in [2.45, 2.75) is 6.92 Å². The van der Waals surface area contributed by atoms with Crippen LogP contribution >= 0.6 is 0 Å². The van der Waals surface area contributed by atoms with Gasteiger partial charge in [0.1, 0.15) is 0 Å². The molecule has 0 spiro atoms. The number of rotatable bonds is 3. The van der Waals surface area contributed by atoms with Crippen LogP contribution in [-0.2, 0) is 3.37 Å². The van der Waals surface area contributed by atoms with E-state index in [-0.39, 0.29) is 0 Å². The molecule has 0 bridgehead atoms. The van der Waals surface area contributed by atoms with E-state index in [9.17, 15) is 14.0 Å². The van der Waals surface area contributed by atoms with Gasteiger partial charge in [0.25, 0.3) is 0 Å². The molecule has 22 heavy (non-hydrogen) atoms. The average Bonchev–Trinajstić information content (AvgIpc) is 2.50. The molecule has 6 heteroatoms. The van der Waals surface area contributed by atoms with Crippen molar-refractivity contribution in [2.24, 2.45) is 0 Å². The summed E-state index contributed by atoms with van der Waals surface area (Å²) < 4.78 is 40.0. The zero-order valence-corrected chi connectivity index (χ0v) is 14.2. The van der Waals surface area contributed by atoms with Gasteiger partial charge >= 0.3 is 135 Å². The number of hydrogen-bond acceptors (Lipinski definition) is 4. The molecule has 114 valence electrons. The number of benzene rings is 2. The van der Waals surface area contributed by atoms with E-state index in [4.69, 9.17) is 3.37 Å². The van der Waals surface area contributed by atoms with E-state index in [1.165, 1.54) is 0 Å². The molecule has 2 aromatic carbocycles. The number of halogens is 1. The molecule has 1 atom stereocenters. The van der Waals surface area contributed by atoms with Crippen LogP contribution in [0.4, 0.5) is 0 Å². The molecule has 0 N–H and O–H groups in total. The molecule has 0 saturated carbocycles. The molecule has 0 saturated heterocycles. The third-order valence-corrected chi connectivity index (χ3v) is 8.47. The van der Waals surface area contributed by atoms with Crippen molar-refractivity contribution >= 4 is 28.2 Å². The number of fused-ring (bicyclic) bond motifs is 1. The second-order valence-electron chi connectivity index (χ2n) is 4.76. The van der Waals surface area contributed by atoms with Gasteiger partial charge in [-0.15, -0.1) is 0 Å². The Kier molecular flexibility index (Phi) is 4.30. The summed E-state index contributed by atoms with van der Waals surface area (Å²) in [6.07, 6.45) is 1.92. The molecular formula is C16H13ClO4Se. The standard InChI is InChI=1S/C16H13ClO4Se/c1-12-11-16(13-7-3-2-4-8-13)22(21-17(18,19)20)15-10-6-5-9-14(12)15/h2-11H,1H3. The first-order chi connectivity index (χ1) is 10.5. The molecule has 1 unspecified atom stereocenters. The second kappa shape index (κ2) is 6.07. The van der Waals surface area contributed by atoms with Gasteiger partial charge in [-0.3, -0.25) is 0 Å². The molecular weight excluding hydrogens is 371 g/mol. The van der Waals surface area contributed by atoms with Crippen molar-refractivity contribution in [1.29, 1.82) is 0 Å². The zero-order valence-electron chi connectivity index (χ0n) is 11.7. The average molecular weight is 384 g/mol. The van der Waals surface area contributed by atoms with Gasteiger partial charge in [0.05, 0.1) is 0 Å². The number of allylic oxidation sites excluding steroid dienone is 2. The Balaban J connectivity index is 2.25. The summed E-state index contributed by atoms with van der Waals surface area (Å²) in [5.74, 6) is 0. The fourth-order valence-corrected chi connectivity index (χ4v) is 7.60. The Morgan fingerprint density at radius 3 is 2.23 bits per heavy atom. The minimum atomic E-state index is -4.48. The fourth-order valence-electron chi connectivity index (χ4n) is 2.34. The van der Waals surface area contributed by atoms with Gasteiger partial charge in [0.2, 0.25) is 0 Å². The second-order valence-corrected chi connectivity index (χ2v) is 9.41. The zero-order chi connectivity index (χ0) is 15.7. The predicted octanol–water partition coefficient (Wildman–Crippen LogP) is -0.982. The Labute approximate surface area is 134 Å². The summed E-state index contributed by atoms with van der Waals surface area (Å²) >= 11 is -2.44. The van der Waals surface area contributed by atoms with E-state index in [0.717, 1.165) is 25.6 Å². The normalized spacial score (nSPS) is 17.9. The molecule has 0 aliphatic carbocycles. The molecule has 0 aromatic heterocycles. The third-order valence-electron chi connectivity index (χ3n) is 3.26. The molecule has 4 nitrogen and oxygen atoms in total. The Bertz CT molecular complexity index is 763. The van der Waals surface area contributed by atoms with Crippen LogP contribution in [0.15, 0.2) is 60.7 Å². The maximum absolute atomic E-state index is 11.2. The van der Waals surface area contributed by atoms with Gasteiger partial charge in [0.15, 0.2) is 0 Å². The van der Waals surface area contributed by atoms with Gasteiger partial charge in [-0.2, -0.15) is 0 Å². The molecule has 0 radical (unpaired) electrons. The predicted molar refractivity (Wildman–Crippen MR) is 77.1 cm³/mol. The molecule has 2 aromatic rings. The summed E-state index contributed by atoms with van der Waals surface area (Å²) in [5.41, 5.74) is 2.84. The van der Waals surface area contributed by atoms with Gasteiger partial charge in [-0.05, 0) is 0 Å². The van der Waals surface area contributed by atoms with Crippen molar-refractivity contribution in [3.63, 3.8) is 0 Å². The van der Waals surface area contributed by atoms with Gasteiger partial charge in [0, 0.05) is 0 Å². The van der Waals surface area contributed by atoms with Crippen LogP contribution in [0.5, 0.6) is 0 Å². The minimum absolute atomic E-state index is 0.781. The van der Waals surface area contributed by atoms with Crippen LogP contribution < -0.4 is 18.4 Å². The molecule has 3 rings (SSSR count). The first-order valence-corrected chi connectivity index (χ1v) is 10.2. The van der Waals surface area contributed by atoms with E-state index in [1.807, 2.05) is 67.6 Å². The number of hydrogen-bond donors (Lipinski definition) is 0.